The Kier molecular flexibility index (Phi) is 1.79. The van der Waals surface area contributed by atoms with E-state index in [2.05, 4.69) is 5.32 Å². The lowest BCUT2D eigenvalue weighted by Crippen LogP contribution is -2.57. The van der Waals surface area contributed by atoms with Crippen LogP contribution in [0.3, 0.4) is 0 Å². The standard InChI is InChI=1S/C7H11NO4/c9-4-2-8-3-1-5(10)12-7(3)6(4)11/h3-4,6-9,11H,1-2H2. The number of nitrogens with one attached hydrogen (secondary N) is 1. The summed E-state index contributed by atoms with van der Waals surface area (Å²) in [4.78, 5) is 10.8. The van der Waals surface area contributed by atoms with E-state index in [9.17, 15) is 15.0 Å². The maximum atomic E-state index is 10.8. The molecular formula is C7H11NO4. The Bertz CT molecular complexity index is 208. The van der Waals surface area contributed by atoms with Crippen molar-refractivity contribution in [2.45, 2.75) is 30.8 Å². The van der Waals surface area contributed by atoms with E-state index in [1.54, 1.807) is 0 Å². The molecule has 0 aliphatic carbocycles. The Labute approximate surface area is 69.3 Å². The first kappa shape index (κ1) is 7.97. The second-order valence-electron chi connectivity index (χ2n) is 3.23. The second-order valence-corrected chi connectivity index (χ2v) is 3.23. The molecule has 4 unspecified atom stereocenters. The van der Waals surface area contributed by atoms with Crippen molar-refractivity contribution in [2.75, 3.05) is 6.54 Å². The average molecular weight is 173 g/mol. The van der Waals surface area contributed by atoms with Crippen LogP contribution in [-0.4, -0.2) is 47.1 Å². The number of carbonyl (C=O) groups is 1. The number of esters is 1. The zero-order valence-electron chi connectivity index (χ0n) is 6.43. The Balaban J connectivity index is 2.11. The highest BCUT2D eigenvalue weighted by Crippen LogP contribution is 2.23. The van der Waals surface area contributed by atoms with Crippen molar-refractivity contribution >= 4 is 5.97 Å². The van der Waals surface area contributed by atoms with Gasteiger partial charge in [0.05, 0.1) is 18.6 Å². The van der Waals surface area contributed by atoms with Crippen LogP contribution in [-0.2, 0) is 9.53 Å². The molecule has 0 saturated carbocycles. The number of aliphatic hydroxyl groups is 2. The first-order valence-corrected chi connectivity index (χ1v) is 3.97. The summed E-state index contributed by atoms with van der Waals surface area (Å²) in [6, 6.07) is -0.129. The van der Waals surface area contributed by atoms with Crippen molar-refractivity contribution in [3.63, 3.8) is 0 Å². The molecule has 5 heteroatoms. The summed E-state index contributed by atoms with van der Waals surface area (Å²) in [5.74, 6) is -0.314. The monoisotopic (exact) mass is 173 g/mol. The van der Waals surface area contributed by atoms with Crippen molar-refractivity contribution in [1.29, 1.82) is 0 Å². The minimum atomic E-state index is -0.942. The lowest BCUT2D eigenvalue weighted by Gasteiger charge is -2.32. The molecule has 2 aliphatic rings. The van der Waals surface area contributed by atoms with Crippen LogP contribution in [0.25, 0.3) is 0 Å². The van der Waals surface area contributed by atoms with Gasteiger partial charge in [-0.05, 0) is 0 Å². The normalized spacial score (nSPS) is 47.0. The van der Waals surface area contributed by atoms with E-state index in [4.69, 9.17) is 4.74 Å². The SMILES string of the molecule is O=C1CC2NCC(O)C(O)C2O1. The fourth-order valence-electron chi connectivity index (χ4n) is 1.69. The van der Waals surface area contributed by atoms with Crippen LogP contribution >= 0.6 is 0 Å². The summed E-state index contributed by atoms with van der Waals surface area (Å²) in [6.45, 7) is 0.318. The van der Waals surface area contributed by atoms with Crippen molar-refractivity contribution in [1.82, 2.24) is 5.32 Å². The van der Waals surface area contributed by atoms with Crippen molar-refractivity contribution in [3.8, 4) is 0 Å². The average Bonchev–Trinajstić information content (AvgIpc) is 2.39. The van der Waals surface area contributed by atoms with Gasteiger partial charge in [0.2, 0.25) is 0 Å². The van der Waals surface area contributed by atoms with E-state index < -0.39 is 18.3 Å². The number of hydrogen-bond donors (Lipinski definition) is 3. The minimum Gasteiger partial charge on any atom is -0.458 e. The van der Waals surface area contributed by atoms with Gasteiger partial charge in [-0.15, -0.1) is 0 Å². The lowest BCUT2D eigenvalue weighted by molar-refractivity contribution is -0.151. The van der Waals surface area contributed by atoms with Crippen LogP contribution in [0.15, 0.2) is 0 Å². The maximum Gasteiger partial charge on any atom is 0.307 e. The molecule has 2 fully saturated rings. The molecule has 2 heterocycles. The first-order valence-electron chi connectivity index (χ1n) is 3.97. The molecule has 0 amide bonds. The molecule has 0 spiro atoms. The molecule has 0 aromatic carbocycles. The highest BCUT2D eigenvalue weighted by molar-refractivity contribution is 5.73. The van der Waals surface area contributed by atoms with Gasteiger partial charge in [0.25, 0.3) is 0 Å². The molecule has 3 N–H and O–H groups in total. The van der Waals surface area contributed by atoms with Gasteiger partial charge in [-0.3, -0.25) is 4.79 Å². The van der Waals surface area contributed by atoms with Crippen LogP contribution in [0.4, 0.5) is 0 Å². The van der Waals surface area contributed by atoms with E-state index in [0.717, 1.165) is 0 Å². The van der Waals surface area contributed by atoms with Gasteiger partial charge in [-0.1, -0.05) is 0 Å². The quantitative estimate of drug-likeness (QED) is 0.369. The van der Waals surface area contributed by atoms with E-state index in [1.165, 1.54) is 0 Å². The number of aliphatic hydroxyl groups excluding tert-OH is 2. The third kappa shape index (κ3) is 1.10. The zero-order chi connectivity index (χ0) is 8.72. The number of piperidine rings is 1. The number of carbonyl (C=O) groups excluding carboxylic acids is 1. The fraction of sp³-hybridized carbons (Fsp3) is 0.857. The van der Waals surface area contributed by atoms with Gasteiger partial charge in [0, 0.05) is 6.54 Å². The highest BCUT2D eigenvalue weighted by Gasteiger charge is 2.45. The fourth-order valence-corrected chi connectivity index (χ4v) is 1.69. The number of hydrogen-bond acceptors (Lipinski definition) is 5. The van der Waals surface area contributed by atoms with Crippen LogP contribution < -0.4 is 5.32 Å². The molecule has 2 saturated heterocycles. The summed E-state index contributed by atoms with van der Waals surface area (Å²) >= 11 is 0. The topological polar surface area (TPSA) is 78.8 Å². The van der Waals surface area contributed by atoms with Crippen molar-refractivity contribution in [2.24, 2.45) is 0 Å². The summed E-state index contributed by atoms with van der Waals surface area (Å²) in [5, 5.41) is 21.5. The Morgan fingerprint density at radius 2 is 2.25 bits per heavy atom. The summed E-state index contributed by atoms with van der Waals surface area (Å²) in [6.07, 6.45) is -2.06. The smallest absolute Gasteiger partial charge is 0.307 e. The number of ether oxygens (including phenoxy) is 1. The van der Waals surface area contributed by atoms with Gasteiger partial charge in [-0.25, -0.2) is 0 Å². The van der Waals surface area contributed by atoms with Gasteiger partial charge >= 0.3 is 5.97 Å². The van der Waals surface area contributed by atoms with Gasteiger partial charge in [0.15, 0.2) is 0 Å². The largest absolute Gasteiger partial charge is 0.458 e. The molecule has 12 heavy (non-hydrogen) atoms. The number of β-amino-alcohol motifs (C(OH)–C–C–N with tert-alkyl or cyclic N) is 1. The Morgan fingerprint density at radius 1 is 1.50 bits per heavy atom. The summed E-state index contributed by atoms with van der Waals surface area (Å²) < 4.78 is 4.84. The van der Waals surface area contributed by atoms with Gasteiger partial charge in [-0.2, -0.15) is 0 Å². The van der Waals surface area contributed by atoms with Crippen molar-refractivity contribution < 1.29 is 19.7 Å². The van der Waals surface area contributed by atoms with Crippen LogP contribution in [0, 0.1) is 0 Å². The maximum absolute atomic E-state index is 10.8. The third-order valence-corrected chi connectivity index (χ3v) is 2.37. The van der Waals surface area contributed by atoms with Crippen LogP contribution in [0.5, 0.6) is 0 Å². The predicted molar refractivity (Wildman–Crippen MR) is 38.3 cm³/mol. The molecule has 2 rings (SSSR count). The van der Waals surface area contributed by atoms with E-state index in [-0.39, 0.29) is 18.4 Å². The summed E-state index contributed by atoms with van der Waals surface area (Å²) in [7, 11) is 0. The Hall–Kier alpha value is -0.650. The van der Waals surface area contributed by atoms with Crippen molar-refractivity contribution in [3.05, 3.63) is 0 Å². The van der Waals surface area contributed by atoms with Gasteiger partial charge in [0.1, 0.15) is 12.2 Å². The van der Waals surface area contributed by atoms with Gasteiger partial charge < -0.3 is 20.3 Å². The molecule has 0 bridgehead atoms. The molecule has 0 aromatic heterocycles. The highest BCUT2D eigenvalue weighted by atomic mass is 16.6. The predicted octanol–water partition coefficient (Wildman–Crippen LogP) is -2.00. The zero-order valence-corrected chi connectivity index (χ0v) is 6.43. The number of rotatable bonds is 0. The van der Waals surface area contributed by atoms with Crippen LogP contribution in [0.2, 0.25) is 0 Å². The summed E-state index contributed by atoms with van der Waals surface area (Å²) in [5.41, 5.74) is 0. The molecule has 2 aliphatic heterocycles. The second kappa shape index (κ2) is 2.69. The Morgan fingerprint density at radius 3 is 3.00 bits per heavy atom. The van der Waals surface area contributed by atoms with Crippen LogP contribution in [0.1, 0.15) is 6.42 Å². The van der Waals surface area contributed by atoms with E-state index in [1.807, 2.05) is 0 Å². The molecule has 5 nitrogen and oxygen atoms in total. The van der Waals surface area contributed by atoms with E-state index >= 15 is 0 Å². The number of fused-ring (bicyclic) bond motifs is 1. The molecule has 4 atom stereocenters. The molecule has 0 radical (unpaired) electrons. The first-order chi connectivity index (χ1) is 5.68. The molecule has 0 aromatic rings. The molecular weight excluding hydrogens is 162 g/mol. The molecule has 68 valence electrons. The lowest BCUT2D eigenvalue weighted by atomic mass is 9.96. The van der Waals surface area contributed by atoms with E-state index in [0.29, 0.717) is 6.54 Å². The third-order valence-electron chi connectivity index (χ3n) is 2.37. The minimum absolute atomic E-state index is 0.129.